The Morgan fingerprint density at radius 1 is 1.15 bits per heavy atom. The second-order valence-corrected chi connectivity index (χ2v) is 7.18. The van der Waals surface area contributed by atoms with Gasteiger partial charge >= 0.3 is 0 Å². The molecule has 2 N–H and O–H groups in total. The minimum Gasteiger partial charge on any atom is -0.460 e. The molecular weight excluding hydrogens is 387 g/mol. The topological polar surface area (TPSA) is 89.3 Å². The van der Waals surface area contributed by atoms with Crippen molar-refractivity contribution in [3.8, 4) is 17.4 Å². The van der Waals surface area contributed by atoms with Crippen LogP contribution in [0, 0.1) is 11.3 Å². The van der Waals surface area contributed by atoms with Crippen molar-refractivity contribution in [2.45, 2.75) is 25.2 Å². The summed E-state index contributed by atoms with van der Waals surface area (Å²) < 4.78 is 11.6. The van der Waals surface area contributed by atoms with E-state index >= 15 is 0 Å². The van der Waals surface area contributed by atoms with Crippen molar-refractivity contribution in [2.75, 3.05) is 0 Å². The number of benzene rings is 1. The SMILES string of the molecule is N#CC1=C(N)OC2=C(C(=O)CCC2)C1c1ccc(-c2ccc(Cl)c(Cl)c2)o1. The number of carbonyl (C=O) groups is 1. The van der Waals surface area contributed by atoms with Crippen LogP contribution in [-0.4, -0.2) is 5.78 Å². The summed E-state index contributed by atoms with van der Waals surface area (Å²) in [7, 11) is 0. The Kier molecular flexibility index (Phi) is 4.47. The highest BCUT2D eigenvalue weighted by molar-refractivity contribution is 6.42. The van der Waals surface area contributed by atoms with Gasteiger partial charge in [-0.3, -0.25) is 4.79 Å². The first-order valence-electron chi connectivity index (χ1n) is 8.38. The van der Waals surface area contributed by atoms with Crippen LogP contribution < -0.4 is 5.73 Å². The standard InChI is InChI=1S/C20H14Cl2N2O3/c21-12-5-4-10(8-13(12)22)15-6-7-17(26-15)18-11(9-23)20(24)27-16-3-1-2-14(25)19(16)18/h4-8,18H,1-3,24H2. The van der Waals surface area contributed by atoms with Crippen LogP contribution in [0.15, 0.2) is 57.5 Å². The third-order valence-electron chi connectivity index (χ3n) is 4.72. The lowest BCUT2D eigenvalue weighted by molar-refractivity contribution is -0.116. The summed E-state index contributed by atoms with van der Waals surface area (Å²) in [5.41, 5.74) is 7.32. The molecule has 0 bridgehead atoms. The van der Waals surface area contributed by atoms with Gasteiger partial charge < -0.3 is 14.9 Å². The maximum atomic E-state index is 12.6. The highest BCUT2D eigenvalue weighted by Gasteiger charge is 2.39. The van der Waals surface area contributed by atoms with Gasteiger partial charge in [0.2, 0.25) is 5.88 Å². The molecular formula is C20H14Cl2N2O3. The van der Waals surface area contributed by atoms with Crippen LogP contribution in [0.1, 0.15) is 30.9 Å². The van der Waals surface area contributed by atoms with E-state index in [9.17, 15) is 10.1 Å². The number of hydrogen-bond acceptors (Lipinski definition) is 5. The molecule has 0 fully saturated rings. The lowest BCUT2D eigenvalue weighted by Gasteiger charge is -2.29. The van der Waals surface area contributed by atoms with Crippen molar-refractivity contribution in [2.24, 2.45) is 5.73 Å². The monoisotopic (exact) mass is 400 g/mol. The van der Waals surface area contributed by atoms with Crippen LogP contribution in [0.3, 0.4) is 0 Å². The van der Waals surface area contributed by atoms with Gasteiger partial charge in [0.1, 0.15) is 28.9 Å². The number of nitrogens with zero attached hydrogens (tertiary/aromatic N) is 1. The predicted molar refractivity (Wildman–Crippen MR) is 101 cm³/mol. The summed E-state index contributed by atoms with van der Waals surface area (Å²) in [6, 6.07) is 10.7. The first-order chi connectivity index (χ1) is 13.0. The molecule has 0 saturated heterocycles. The third-order valence-corrected chi connectivity index (χ3v) is 5.46. The van der Waals surface area contributed by atoms with Gasteiger partial charge in [-0.05, 0) is 36.8 Å². The second kappa shape index (κ2) is 6.80. The van der Waals surface area contributed by atoms with E-state index in [1.807, 2.05) is 0 Å². The lowest BCUT2D eigenvalue weighted by atomic mass is 9.80. The Bertz CT molecular complexity index is 1060. The van der Waals surface area contributed by atoms with E-state index in [0.29, 0.717) is 52.2 Å². The fourth-order valence-corrected chi connectivity index (χ4v) is 3.75. The molecule has 0 saturated carbocycles. The number of allylic oxidation sites excluding steroid dienone is 3. The molecule has 1 aromatic carbocycles. The highest BCUT2D eigenvalue weighted by atomic mass is 35.5. The number of hydrogen-bond donors (Lipinski definition) is 1. The van der Waals surface area contributed by atoms with E-state index in [-0.39, 0.29) is 17.2 Å². The maximum Gasteiger partial charge on any atom is 0.205 e. The molecule has 2 aromatic rings. The largest absolute Gasteiger partial charge is 0.460 e. The number of ether oxygens (including phenoxy) is 1. The molecule has 2 heterocycles. The van der Waals surface area contributed by atoms with E-state index in [0.717, 1.165) is 5.56 Å². The van der Waals surface area contributed by atoms with Gasteiger partial charge in [-0.15, -0.1) is 0 Å². The zero-order chi connectivity index (χ0) is 19.1. The van der Waals surface area contributed by atoms with E-state index in [4.69, 9.17) is 38.1 Å². The van der Waals surface area contributed by atoms with Crippen molar-refractivity contribution in [3.05, 3.63) is 68.9 Å². The summed E-state index contributed by atoms with van der Waals surface area (Å²) in [5.74, 6) is 0.846. The predicted octanol–water partition coefficient (Wildman–Crippen LogP) is 5.07. The molecule has 1 aliphatic heterocycles. The Morgan fingerprint density at radius 3 is 2.70 bits per heavy atom. The fraction of sp³-hybridized carbons (Fsp3) is 0.200. The molecule has 1 aromatic heterocycles. The zero-order valence-electron chi connectivity index (χ0n) is 14.1. The molecule has 1 aliphatic carbocycles. The molecule has 27 heavy (non-hydrogen) atoms. The summed E-state index contributed by atoms with van der Waals surface area (Å²) in [5, 5.41) is 10.4. The van der Waals surface area contributed by atoms with Gasteiger partial charge in [0.25, 0.3) is 0 Å². The number of rotatable bonds is 2. The van der Waals surface area contributed by atoms with Crippen LogP contribution in [0.25, 0.3) is 11.3 Å². The Balaban J connectivity index is 1.81. The van der Waals surface area contributed by atoms with Crippen molar-refractivity contribution in [1.82, 2.24) is 0 Å². The summed E-state index contributed by atoms with van der Waals surface area (Å²) in [6.45, 7) is 0. The van der Waals surface area contributed by atoms with Crippen molar-refractivity contribution in [1.29, 1.82) is 5.26 Å². The quantitative estimate of drug-likeness (QED) is 0.759. The van der Waals surface area contributed by atoms with Gasteiger partial charge in [-0.2, -0.15) is 5.26 Å². The van der Waals surface area contributed by atoms with Crippen LogP contribution in [0.4, 0.5) is 0 Å². The van der Waals surface area contributed by atoms with Crippen LogP contribution in [0.2, 0.25) is 10.0 Å². The molecule has 1 atom stereocenters. The van der Waals surface area contributed by atoms with Gasteiger partial charge in [0.15, 0.2) is 5.78 Å². The van der Waals surface area contributed by atoms with Crippen LogP contribution in [-0.2, 0) is 9.53 Å². The number of nitrogens with two attached hydrogens (primary N) is 1. The molecule has 1 unspecified atom stereocenters. The van der Waals surface area contributed by atoms with Crippen molar-refractivity contribution >= 4 is 29.0 Å². The average molecular weight is 401 g/mol. The number of Topliss-reactive ketones (excluding diaryl/α,β-unsaturated/α-hetero) is 1. The highest BCUT2D eigenvalue weighted by Crippen LogP contribution is 2.44. The van der Waals surface area contributed by atoms with Gasteiger partial charge in [0.05, 0.1) is 16.0 Å². The number of furan rings is 1. The van der Waals surface area contributed by atoms with Crippen molar-refractivity contribution in [3.63, 3.8) is 0 Å². The molecule has 4 rings (SSSR count). The molecule has 7 heteroatoms. The van der Waals surface area contributed by atoms with E-state index in [1.54, 1.807) is 30.3 Å². The second-order valence-electron chi connectivity index (χ2n) is 6.37. The summed E-state index contributed by atoms with van der Waals surface area (Å²) in [4.78, 5) is 12.6. The lowest BCUT2D eigenvalue weighted by Crippen LogP contribution is -2.27. The first-order valence-corrected chi connectivity index (χ1v) is 9.14. The number of halogens is 2. The van der Waals surface area contributed by atoms with Gasteiger partial charge in [-0.1, -0.05) is 23.2 Å². The molecule has 0 amide bonds. The minimum atomic E-state index is -0.664. The number of carbonyl (C=O) groups excluding carboxylic acids is 1. The molecule has 0 spiro atoms. The zero-order valence-corrected chi connectivity index (χ0v) is 15.6. The molecule has 2 aliphatic rings. The number of nitriles is 1. The smallest absolute Gasteiger partial charge is 0.205 e. The Hall–Kier alpha value is -2.68. The fourth-order valence-electron chi connectivity index (χ4n) is 3.45. The Labute approximate surface area is 165 Å². The van der Waals surface area contributed by atoms with Crippen molar-refractivity contribution < 1.29 is 13.9 Å². The molecule has 0 radical (unpaired) electrons. The van der Waals surface area contributed by atoms with Crippen LogP contribution >= 0.6 is 23.2 Å². The molecule has 5 nitrogen and oxygen atoms in total. The maximum absolute atomic E-state index is 12.6. The van der Waals surface area contributed by atoms with E-state index in [2.05, 4.69) is 6.07 Å². The normalized spacial score (nSPS) is 19.6. The third kappa shape index (κ3) is 3.01. The number of ketones is 1. The van der Waals surface area contributed by atoms with E-state index in [1.165, 1.54) is 0 Å². The average Bonchev–Trinajstić information content (AvgIpc) is 3.13. The first kappa shape index (κ1) is 17.7. The van der Waals surface area contributed by atoms with Gasteiger partial charge in [0, 0.05) is 24.0 Å². The summed E-state index contributed by atoms with van der Waals surface area (Å²) in [6.07, 6.45) is 1.72. The Morgan fingerprint density at radius 2 is 1.96 bits per heavy atom. The van der Waals surface area contributed by atoms with Gasteiger partial charge in [-0.25, -0.2) is 0 Å². The summed E-state index contributed by atoms with van der Waals surface area (Å²) >= 11 is 12.1. The minimum absolute atomic E-state index is 0.0171. The van der Waals surface area contributed by atoms with E-state index < -0.39 is 5.92 Å². The molecule has 136 valence electrons. The van der Waals surface area contributed by atoms with Crippen LogP contribution in [0.5, 0.6) is 0 Å².